The summed E-state index contributed by atoms with van der Waals surface area (Å²) in [6.45, 7) is 8.47. The van der Waals surface area contributed by atoms with Gasteiger partial charge < -0.3 is 37.5 Å². The Balaban J connectivity index is -0.000000883. The second-order valence-corrected chi connectivity index (χ2v) is 14.6. The van der Waals surface area contributed by atoms with E-state index in [1.54, 1.807) is 12.3 Å². The average molecular weight is 986 g/mol. The van der Waals surface area contributed by atoms with Crippen molar-refractivity contribution in [2.24, 2.45) is 0 Å². The van der Waals surface area contributed by atoms with Crippen molar-refractivity contribution in [1.82, 2.24) is 0 Å². The Morgan fingerprint density at radius 2 is 0.826 bits per heavy atom. The number of carbonyl (C=O) groups is 3. The SMILES string of the molecule is C.C.CCCO.CCCOC(=O)Cc1ccc(-c2ccccc2)cc1.O=C(Cc1ccc(-c2ccccc2)cc1)OCCCC=S.[2H]CC.[3H]C.[Cl-].[NH3+]CCOC(=O)Cc1ccc(-c2ccccc2)cc1. The number of rotatable bonds is 18. The van der Waals surface area contributed by atoms with E-state index in [-0.39, 0.29) is 45.2 Å². The van der Waals surface area contributed by atoms with E-state index >= 15 is 0 Å². The lowest BCUT2D eigenvalue weighted by Gasteiger charge is -2.05. The van der Waals surface area contributed by atoms with Crippen LogP contribution in [0.4, 0.5) is 0 Å². The van der Waals surface area contributed by atoms with Gasteiger partial charge in [0.2, 0.25) is 0 Å². The number of quaternary nitrogens is 1. The Kier molecular flexibility index (Phi) is 39.6. The molecule has 4 N–H and O–H groups in total. The van der Waals surface area contributed by atoms with E-state index in [2.05, 4.69) is 42.1 Å². The van der Waals surface area contributed by atoms with Gasteiger partial charge in [0.15, 0.2) is 0 Å². The summed E-state index contributed by atoms with van der Waals surface area (Å²) in [6, 6.07) is 54.5. The minimum Gasteiger partial charge on any atom is -1.00 e. The molecule has 0 saturated heterocycles. The smallest absolute Gasteiger partial charge is 0.310 e. The highest BCUT2D eigenvalue weighted by atomic mass is 35.5. The quantitative estimate of drug-likeness (QED) is 0.0377. The van der Waals surface area contributed by atoms with E-state index in [9.17, 15) is 14.4 Å². The number of hydrogen-bond acceptors (Lipinski definition) is 8. The standard InChI is InChI=1S/C18H18O2S.C17H18O2.C16H17NO2.C3H8O.C2H6.3CH4.ClH/c19-18(20-12-4-5-13-21)14-15-8-10-17(11-9-15)16-6-2-1-3-7-16;1-2-12-19-17(18)13-14-8-10-16(11-9-14)15-6-4-3-5-7-15;17-10-11-19-16(18)12-13-6-8-15(9-7-13)14-4-2-1-3-5-14;1-2-3-4;1-2;;;;/h1-3,6-11,13H,4-5,12,14H2;3-11H,2,12-13H2,1H3;1-9H,10-12,17H2;4H,2-3H2,1H3;1-2H3;3*1H4;1H/i;;;;1D;1T;;;. The summed E-state index contributed by atoms with van der Waals surface area (Å²) in [5, 5.41) is 9.54. The summed E-state index contributed by atoms with van der Waals surface area (Å²) in [7, 11) is 1.25. The van der Waals surface area contributed by atoms with Crippen LogP contribution in [-0.4, -0.2) is 61.4 Å². The van der Waals surface area contributed by atoms with Crippen LogP contribution in [-0.2, 0) is 47.9 Å². The molecule has 0 spiro atoms. The first-order chi connectivity index (χ1) is 33.2. The molecule has 10 heteroatoms. The molecular weight excluding hydrogens is 902 g/mol. The number of unbranched alkanes of at least 4 members (excludes halogenated alkanes) is 1. The number of carbonyl (C=O) groups excluding carboxylic acids is 3. The van der Waals surface area contributed by atoms with Gasteiger partial charge in [-0.05, 0) is 81.1 Å². The average Bonchev–Trinajstić information content (AvgIpc) is 3.39. The Bertz CT molecular complexity index is 2080. The fourth-order valence-corrected chi connectivity index (χ4v) is 5.91. The molecule has 6 rings (SSSR count). The number of thiocarbonyl (C=S) groups is 1. The minimum absolute atomic E-state index is 0. The number of halogens is 1. The lowest BCUT2D eigenvalue weighted by Crippen LogP contribution is -3.00. The van der Waals surface area contributed by atoms with Crippen molar-refractivity contribution < 1.29 is 54.6 Å². The fourth-order valence-electron chi connectivity index (χ4n) is 5.74. The number of hydrogen-bond donors (Lipinski definition) is 2. The lowest BCUT2D eigenvalue weighted by atomic mass is 10.0. The number of aliphatic hydroxyl groups is 1. The zero-order valence-corrected chi connectivity index (χ0v) is 41.3. The van der Waals surface area contributed by atoms with E-state index in [1.165, 1.54) is 24.1 Å². The third-order valence-electron chi connectivity index (χ3n) is 9.06. The molecule has 0 heterocycles. The molecule has 0 radical (unpaired) electrons. The van der Waals surface area contributed by atoms with Crippen LogP contribution in [0.15, 0.2) is 164 Å². The summed E-state index contributed by atoms with van der Waals surface area (Å²) in [5.41, 5.74) is 13.5. The molecule has 0 atom stereocenters. The van der Waals surface area contributed by atoms with E-state index in [4.69, 9.17) is 34.3 Å². The molecule has 6 aromatic carbocycles. The van der Waals surface area contributed by atoms with Crippen LogP contribution < -0.4 is 18.1 Å². The summed E-state index contributed by atoms with van der Waals surface area (Å²) in [4.78, 5) is 34.7. The highest BCUT2D eigenvalue weighted by Gasteiger charge is 2.08. The maximum absolute atomic E-state index is 11.7. The molecular formula is C59H80ClNO7S. The maximum atomic E-state index is 11.7. The number of benzene rings is 6. The highest BCUT2D eigenvalue weighted by molar-refractivity contribution is 7.78. The van der Waals surface area contributed by atoms with Gasteiger partial charge in [0, 0.05) is 9.35 Å². The molecule has 0 bridgehead atoms. The molecule has 0 aliphatic rings. The molecule has 0 aromatic heterocycles. The predicted octanol–water partition coefficient (Wildman–Crippen LogP) is 10.1. The van der Waals surface area contributed by atoms with Gasteiger partial charge >= 0.3 is 17.9 Å². The van der Waals surface area contributed by atoms with Crippen LogP contribution in [0, 0.1) is 0 Å². The van der Waals surface area contributed by atoms with Crippen molar-refractivity contribution in [3.8, 4) is 33.4 Å². The molecule has 69 heavy (non-hydrogen) atoms. The topological polar surface area (TPSA) is 127 Å². The molecule has 8 nitrogen and oxygen atoms in total. The van der Waals surface area contributed by atoms with Crippen LogP contribution in [0.25, 0.3) is 33.4 Å². The van der Waals surface area contributed by atoms with Gasteiger partial charge in [-0.25, -0.2) is 0 Å². The largest absolute Gasteiger partial charge is 1.00 e. The third kappa shape index (κ3) is 29.5. The van der Waals surface area contributed by atoms with Crippen LogP contribution in [0.5, 0.6) is 0 Å². The Morgan fingerprint density at radius 1 is 0.551 bits per heavy atom. The van der Waals surface area contributed by atoms with Crippen LogP contribution in [0.1, 0.15) is 95.0 Å². The number of ether oxygens (including phenoxy) is 3. The molecule has 0 unspecified atom stereocenters. The summed E-state index contributed by atoms with van der Waals surface area (Å²) < 4.78 is 27.2. The van der Waals surface area contributed by atoms with Crippen molar-refractivity contribution in [1.29, 1.82) is 0 Å². The number of aliphatic hydroxyl groups excluding tert-OH is 1. The zero-order chi connectivity index (χ0) is 50.0. The van der Waals surface area contributed by atoms with Crippen LogP contribution in [0.2, 0.25) is 0 Å². The predicted molar refractivity (Wildman–Crippen MR) is 289 cm³/mol. The normalized spacial score (nSPS) is 9.48. The first kappa shape index (κ1) is 63.0. The van der Waals surface area contributed by atoms with E-state index in [0.29, 0.717) is 59.1 Å². The summed E-state index contributed by atoms with van der Waals surface area (Å²) in [6.07, 6.45) is 4.30. The van der Waals surface area contributed by atoms with Crippen LogP contribution in [0.3, 0.4) is 0 Å². The fraction of sp³-hybridized carbons (Fsp3) is 0.322. The third-order valence-corrected chi connectivity index (χ3v) is 9.29. The summed E-state index contributed by atoms with van der Waals surface area (Å²) in [5.74, 6) is -0.544. The second kappa shape index (κ2) is 43.3. The van der Waals surface area contributed by atoms with Crippen molar-refractivity contribution in [3.63, 3.8) is 0 Å². The van der Waals surface area contributed by atoms with Crippen LogP contribution >= 0.6 is 12.2 Å². The molecule has 376 valence electrons. The summed E-state index contributed by atoms with van der Waals surface area (Å²) >= 11 is 4.72. The van der Waals surface area contributed by atoms with Crippen molar-refractivity contribution in [3.05, 3.63) is 180 Å². The zero-order valence-electron chi connectivity index (χ0n) is 41.7. The Hall–Kier alpha value is -5.97. The van der Waals surface area contributed by atoms with Gasteiger partial charge in [0.25, 0.3) is 0 Å². The second-order valence-electron chi connectivity index (χ2n) is 14.3. The Labute approximate surface area is 429 Å². The van der Waals surface area contributed by atoms with Gasteiger partial charge in [0.1, 0.15) is 13.2 Å². The van der Waals surface area contributed by atoms with E-state index in [0.717, 1.165) is 59.1 Å². The van der Waals surface area contributed by atoms with Crippen molar-refractivity contribution in [2.45, 2.75) is 94.9 Å². The minimum atomic E-state index is -0.198. The van der Waals surface area contributed by atoms with Gasteiger partial charge in [-0.15, -0.1) is 0 Å². The first-order valence-electron chi connectivity index (χ1n) is 23.9. The van der Waals surface area contributed by atoms with Gasteiger partial charge in [-0.3, -0.25) is 14.4 Å². The van der Waals surface area contributed by atoms with Gasteiger partial charge in [-0.1, -0.05) is 226 Å². The molecule has 0 aliphatic heterocycles. The maximum Gasteiger partial charge on any atom is 0.310 e. The van der Waals surface area contributed by atoms with E-state index < -0.39 is 0 Å². The van der Waals surface area contributed by atoms with Gasteiger partial charge in [0.05, 0.1) is 32.5 Å². The van der Waals surface area contributed by atoms with Crippen molar-refractivity contribution in [2.75, 3.05) is 33.0 Å². The van der Waals surface area contributed by atoms with Crippen molar-refractivity contribution >= 4 is 35.5 Å². The lowest BCUT2D eigenvalue weighted by molar-refractivity contribution is -0.372. The van der Waals surface area contributed by atoms with E-state index in [1.807, 2.05) is 141 Å². The Morgan fingerprint density at radius 3 is 1.09 bits per heavy atom. The molecule has 0 aliphatic carbocycles. The molecule has 0 fully saturated rings. The molecule has 6 aromatic rings. The molecule has 0 saturated carbocycles. The monoisotopic (exact) mass is 985 g/mol. The highest BCUT2D eigenvalue weighted by Crippen LogP contribution is 2.22. The first-order valence-corrected chi connectivity index (χ1v) is 22.7. The number of esters is 3. The molecule has 0 amide bonds. The van der Waals surface area contributed by atoms with Gasteiger partial charge in [-0.2, -0.15) is 0 Å².